The highest BCUT2D eigenvalue weighted by Crippen LogP contribution is 2.18. The van der Waals surface area contributed by atoms with Crippen LogP contribution >= 0.6 is 0 Å². The first-order valence-electron chi connectivity index (χ1n) is 4.07. The highest BCUT2D eigenvalue weighted by atomic mass is 16.4. The molecule has 2 aromatic rings. The van der Waals surface area contributed by atoms with Gasteiger partial charge in [-0.25, -0.2) is 0 Å². The third-order valence-electron chi connectivity index (χ3n) is 1.87. The molecule has 2 aromatic heterocycles. The number of carbonyl (C=O) groups is 1. The van der Waals surface area contributed by atoms with Gasteiger partial charge in [0, 0.05) is 0 Å². The zero-order chi connectivity index (χ0) is 9.97. The molecule has 72 valence electrons. The third kappa shape index (κ3) is 1.47. The van der Waals surface area contributed by atoms with Crippen LogP contribution in [0.4, 0.5) is 0 Å². The third-order valence-corrected chi connectivity index (χ3v) is 1.87. The summed E-state index contributed by atoms with van der Waals surface area (Å²) in [5.74, 6) is -0.204. The highest BCUT2D eigenvalue weighted by molar-refractivity contribution is 5.99. The van der Waals surface area contributed by atoms with Gasteiger partial charge in [-0.05, 0) is 18.2 Å². The standard InChI is InChI=1S/C10H8O4/c11-9(7-3-5-13-6-7)10(12)8-2-1-4-14-8/h1-6,10,12H. The molecule has 1 atom stereocenters. The molecule has 4 heteroatoms. The van der Waals surface area contributed by atoms with Crippen LogP contribution in [0.25, 0.3) is 0 Å². The molecule has 0 aliphatic heterocycles. The SMILES string of the molecule is O=C(c1ccoc1)C(O)c1ccco1. The van der Waals surface area contributed by atoms with E-state index < -0.39 is 11.9 Å². The lowest BCUT2D eigenvalue weighted by atomic mass is 10.1. The number of aliphatic hydroxyl groups is 1. The van der Waals surface area contributed by atoms with Gasteiger partial charge in [0.25, 0.3) is 0 Å². The second-order valence-corrected chi connectivity index (χ2v) is 2.79. The van der Waals surface area contributed by atoms with Gasteiger partial charge in [0.15, 0.2) is 6.10 Å². The second-order valence-electron chi connectivity index (χ2n) is 2.79. The normalized spacial score (nSPS) is 12.6. The van der Waals surface area contributed by atoms with Crippen LogP contribution in [0.5, 0.6) is 0 Å². The van der Waals surface area contributed by atoms with E-state index in [9.17, 15) is 9.90 Å². The Morgan fingerprint density at radius 1 is 1.36 bits per heavy atom. The smallest absolute Gasteiger partial charge is 0.202 e. The van der Waals surface area contributed by atoms with Crippen LogP contribution in [0.15, 0.2) is 45.8 Å². The number of carbonyl (C=O) groups excluding carboxylic acids is 1. The quantitative estimate of drug-likeness (QED) is 0.753. The van der Waals surface area contributed by atoms with Crippen molar-refractivity contribution in [3.8, 4) is 0 Å². The molecular formula is C10H8O4. The first kappa shape index (κ1) is 8.77. The molecule has 0 aliphatic rings. The summed E-state index contributed by atoms with van der Waals surface area (Å²) >= 11 is 0. The van der Waals surface area contributed by atoms with Crippen LogP contribution in [0.2, 0.25) is 0 Å². The fraction of sp³-hybridized carbons (Fsp3) is 0.100. The fourth-order valence-electron chi connectivity index (χ4n) is 1.14. The molecule has 4 nitrogen and oxygen atoms in total. The molecule has 0 aliphatic carbocycles. The van der Waals surface area contributed by atoms with Crippen molar-refractivity contribution >= 4 is 5.78 Å². The summed E-state index contributed by atoms with van der Waals surface area (Å²) in [6.07, 6.45) is 2.81. The van der Waals surface area contributed by atoms with E-state index in [4.69, 9.17) is 8.83 Å². The summed E-state index contributed by atoms with van der Waals surface area (Å²) in [6.45, 7) is 0. The largest absolute Gasteiger partial charge is 0.472 e. The Kier molecular flexibility index (Phi) is 2.20. The molecule has 14 heavy (non-hydrogen) atoms. The first-order chi connectivity index (χ1) is 6.79. The van der Waals surface area contributed by atoms with Gasteiger partial charge in [-0.3, -0.25) is 4.79 Å². The lowest BCUT2D eigenvalue weighted by molar-refractivity contribution is 0.0702. The summed E-state index contributed by atoms with van der Waals surface area (Å²) in [4.78, 5) is 11.5. The van der Waals surface area contributed by atoms with E-state index in [1.165, 1.54) is 24.9 Å². The van der Waals surface area contributed by atoms with E-state index in [2.05, 4.69) is 0 Å². The number of hydrogen-bond donors (Lipinski definition) is 1. The predicted octanol–water partition coefficient (Wildman–Crippen LogP) is 1.79. The first-order valence-corrected chi connectivity index (χ1v) is 4.07. The number of ketones is 1. The molecule has 1 N–H and O–H groups in total. The average Bonchev–Trinajstić information content (AvgIpc) is 2.87. The Hall–Kier alpha value is -1.81. The summed E-state index contributed by atoms with van der Waals surface area (Å²) in [6, 6.07) is 4.65. The number of furan rings is 2. The van der Waals surface area contributed by atoms with Gasteiger partial charge >= 0.3 is 0 Å². The number of hydrogen-bond acceptors (Lipinski definition) is 4. The number of Topliss-reactive ketones (excluding diaryl/α,β-unsaturated/α-hetero) is 1. The molecule has 0 bridgehead atoms. The lowest BCUT2D eigenvalue weighted by Crippen LogP contribution is -2.10. The molecule has 2 heterocycles. The molecule has 0 saturated heterocycles. The molecule has 0 saturated carbocycles. The maximum absolute atomic E-state index is 11.5. The van der Waals surface area contributed by atoms with Crippen molar-refractivity contribution in [1.82, 2.24) is 0 Å². The van der Waals surface area contributed by atoms with Gasteiger partial charge in [0.05, 0.1) is 18.1 Å². The van der Waals surface area contributed by atoms with Crippen molar-refractivity contribution in [3.05, 3.63) is 48.3 Å². The second kappa shape index (κ2) is 3.51. The zero-order valence-electron chi connectivity index (χ0n) is 7.21. The minimum Gasteiger partial charge on any atom is -0.472 e. The Labute approximate surface area is 79.8 Å². The number of rotatable bonds is 3. The number of aliphatic hydroxyl groups excluding tert-OH is 1. The summed E-state index contributed by atoms with van der Waals surface area (Å²) in [7, 11) is 0. The Morgan fingerprint density at radius 3 is 2.79 bits per heavy atom. The van der Waals surface area contributed by atoms with Crippen molar-refractivity contribution in [2.24, 2.45) is 0 Å². The van der Waals surface area contributed by atoms with E-state index in [0.717, 1.165) is 0 Å². The van der Waals surface area contributed by atoms with E-state index in [1.807, 2.05) is 0 Å². The molecule has 0 amide bonds. The molecule has 2 rings (SSSR count). The zero-order valence-corrected chi connectivity index (χ0v) is 7.21. The van der Waals surface area contributed by atoms with E-state index in [0.29, 0.717) is 5.56 Å². The summed E-state index contributed by atoms with van der Waals surface area (Å²) < 4.78 is 9.65. The minimum atomic E-state index is -1.26. The van der Waals surface area contributed by atoms with Gasteiger partial charge in [-0.2, -0.15) is 0 Å². The van der Waals surface area contributed by atoms with Crippen LogP contribution < -0.4 is 0 Å². The summed E-state index contributed by atoms with van der Waals surface area (Å²) in [5, 5.41) is 9.56. The maximum atomic E-state index is 11.5. The molecular weight excluding hydrogens is 184 g/mol. The molecule has 0 spiro atoms. The van der Waals surface area contributed by atoms with Crippen LogP contribution in [-0.4, -0.2) is 10.9 Å². The maximum Gasteiger partial charge on any atom is 0.202 e. The molecule has 1 unspecified atom stereocenters. The van der Waals surface area contributed by atoms with E-state index >= 15 is 0 Å². The molecule has 0 radical (unpaired) electrons. The molecule has 0 aromatic carbocycles. The summed E-state index contributed by atoms with van der Waals surface area (Å²) in [5.41, 5.74) is 0.328. The Morgan fingerprint density at radius 2 is 2.21 bits per heavy atom. The van der Waals surface area contributed by atoms with Crippen LogP contribution in [-0.2, 0) is 0 Å². The van der Waals surface area contributed by atoms with Gasteiger partial charge in [-0.15, -0.1) is 0 Å². The van der Waals surface area contributed by atoms with Crippen molar-refractivity contribution in [1.29, 1.82) is 0 Å². The average molecular weight is 192 g/mol. The van der Waals surface area contributed by atoms with Gasteiger partial charge in [-0.1, -0.05) is 0 Å². The lowest BCUT2D eigenvalue weighted by Gasteiger charge is -2.03. The van der Waals surface area contributed by atoms with Crippen molar-refractivity contribution in [2.45, 2.75) is 6.10 Å². The van der Waals surface area contributed by atoms with E-state index in [1.54, 1.807) is 12.1 Å². The van der Waals surface area contributed by atoms with Crippen molar-refractivity contribution in [3.63, 3.8) is 0 Å². The van der Waals surface area contributed by atoms with Gasteiger partial charge < -0.3 is 13.9 Å². The minimum absolute atomic E-state index is 0.233. The highest BCUT2D eigenvalue weighted by Gasteiger charge is 2.22. The Bertz CT molecular complexity index is 399. The Balaban J connectivity index is 2.21. The predicted molar refractivity (Wildman–Crippen MR) is 46.7 cm³/mol. The monoisotopic (exact) mass is 192 g/mol. The van der Waals surface area contributed by atoms with E-state index in [-0.39, 0.29) is 5.76 Å². The van der Waals surface area contributed by atoms with Crippen molar-refractivity contribution < 1.29 is 18.7 Å². The van der Waals surface area contributed by atoms with Crippen LogP contribution in [0, 0.1) is 0 Å². The van der Waals surface area contributed by atoms with Crippen molar-refractivity contribution in [2.75, 3.05) is 0 Å². The topological polar surface area (TPSA) is 63.6 Å². The fourth-order valence-corrected chi connectivity index (χ4v) is 1.14. The van der Waals surface area contributed by atoms with Crippen LogP contribution in [0.1, 0.15) is 22.2 Å². The van der Waals surface area contributed by atoms with Gasteiger partial charge in [0.2, 0.25) is 5.78 Å². The molecule has 0 fully saturated rings. The van der Waals surface area contributed by atoms with Gasteiger partial charge in [0.1, 0.15) is 12.0 Å². The van der Waals surface area contributed by atoms with Crippen LogP contribution in [0.3, 0.4) is 0 Å².